The van der Waals surface area contributed by atoms with Crippen molar-refractivity contribution in [3.8, 4) is 11.5 Å². The molecule has 0 fully saturated rings. The molecule has 48 heavy (non-hydrogen) atoms. The van der Waals surface area contributed by atoms with E-state index in [4.69, 9.17) is 30.8 Å². The minimum absolute atomic E-state index is 0.182. The lowest BCUT2D eigenvalue weighted by Crippen LogP contribution is -2.40. The minimum atomic E-state index is -0.754. The lowest BCUT2D eigenvalue weighted by atomic mass is 9.93. The Morgan fingerprint density at radius 2 is 1.79 bits per heavy atom. The van der Waals surface area contributed by atoms with E-state index in [1.807, 2.05) is 97.3 Å². The molecule has 11 heteroatoms. The van der Waals surface area contributed by atoms with Gasteiger partial charge >= 0.3 is 5.97 Å². The summed E-state index contributed by atoms with van der Waals surface area (Å²) in [5.74, 6) is 0.476. The Labute approximate surface area is 299 Å². The van der Waals surface area contributed by atoms with Gasteiger partial charge < -0.3 is 14.2 Å². The average molecular weight is 762 g/mol. The Morgan fingerprint density at radius 3 is 2.48 bits per heavy atom. The van der Waals surface area contributed by atoms with Crippen LogP contribution in [0.1, 0.15) is 35.2 Å². The third-order valence-electron chi connectivity index (χ3n) is 7.68. The van der Waals surface area contributed by atoms with Gasteiger partial charge in [0.15, 0.2) is 16.3 Å². The van der Waals surface area contributed by atoms with Crippen LogP contribution in [0.15, 0.2) is 116 Å². The summed E-state index contributed by atoms with van der Waals surface area (Å²) >= 11 is 12.8. The highest BCUT2D eigenvalue weighted by atomic mass is 79.9. The summed E-state index contributed by atoms with van der Waals surface area (Å²) in [6.07, 6.45) is 3.79. The SMILES string of the molecule is CCOC(=O)C1=C(c2ccccc2)N=c2s/c(=C\c3cc(Br)c(OCc4ccccc4Cl)c(OC)c3)c(=O)n2[C@@H]1c1ccc(SC)cc1. The number of halogens is 2. The molecule has 0 amide bonds. The number of carbonyl (C=O) groups excluding carboxylic acids is 1. The number of rotatable bonds is 10. The first-order valence-corrected chi connectivity index (χ1v) is 18.2. The van der Waals surface area contributed by atoms with Crippen LogP contribution in [0.5, 0.6) is 11.5 Å². The van der Waals surface area contributed by atoms with E-state index in [1.54, 1.807) is 36.4 Å². The number of nitrogens with zero attached hydrogens (tertiary/aromatic N) is 2. The predicted octanol–water partition coefficient (Wildman–Crippen LogP) is 7.66. The van der Waals surface area contributed by atoms with E-state index in [9.17, 15) is 9.59 Å². The number of esters is 1. The normalized spacial score (nSPS) is 14.4. The van der Waals surface area contributed by atoms with Crippen molar-refractivity contribution >= 4 is 68.4 Å². The van der Waals surface area contributed by atoms with Crippen LogP contribution >= 0.6 is 50.6 Å². The molecule has 244 valence electrons. The maximum absolute atomic E-state index is 14.3. The first-order chi connectivity index (χ1) is 23.3. The van der Waals surface area contributed by atoms with E-state index in [-0.39, 0.29) is 18.8 Å². The number of thioether (sulfide) groups is 1. The summed E-state index contributed by atoms with van der Waals surface area (Å²) in [6.45, 7) is 2.19. The number of ether oxygens (including phenoxy) is 3. The molecule has 1 aliphatic heterocycles. The van der Waals surface area contributed by atoms with E-state index in [0.717, 1.165) is 21.6 Å². The molecule has 0 aliphatic carbocycles. The first-order valence-electron chi connectivity index (χ1n) is 15.0. The number of aromatic nitrogens is 1. The van der Waals surface area contributed by atoms with Gasteiger partial charge in [0.1, 0.15) is 6.61 Å². The molecule has 4 aromatic carbocycles. The fourth-order valence-electron chi connectivity index (χ4n) is 5.42. The highest BCUT2D eigenvalue weighted by Gasteiger charge is 2.35. The van der Waals surface area contributed by atoms with E-state index in [1.165, 1.54) is 11.3 Å². The highest BCUT2D eigenvalue weighted by Crippen LogP contribution is 2.38. The van der Waals surface area contributed by atoms with Crippen molar-refractivity contribution in [2.75, 3.05) is 20.0 Å². The smallest absolute Gasteiger partial charge is 0.338 e. The number of hydrogen-bond donors (Lipinski definition) is 0. The van der Waals surface area contributed by atoms with Crippen LogP contribution < -0.4 is 24.4 Å². The van der Waals surface area contributed by atoms with Gasteiger partial charge in [0.25, 0.3) is 5.56 Å². The number of carbonyl (C=O) groups is 1. The second-order valence-corrected chi connectivity index (χ2v) is 13.8. The first kappa shape index (κ1) is 33.8. The van der Waals surface area contributed by atoms with Gasteiger partial charge in [0, 0.05) is 21.0 Å². The van der Waals surface area contributed by atoms with E-state index in [2.05, 4.69) is 15.9 Å². The van der Waals surface area contributed by atoms with E-state index < -0.39 is 12.0 Å². The third kappa shape index (κ3) is 6.89. The summed E-state index contributed by atoms with van der Waals surface area (Å²) in [5, 5.41) is 0.611. The molecular weight excluding hydrogens is 732 g/mol. The molecule has 2 heterocycles. The lowest BCUT2D eigenvalue weighted by Gasteiger charge is -2.26. The molecule has 1 aromatic heterocycles. The molecule has 0 bridgehead atoms. The van der Waals surface area contributed by atoms with Crippen LogP contribution in [0.4, 0.5) is 0 Å². The van der Waals surface area contributed by atoms with Gasteiger partial charge in [-0.25, -0.2) is 9.79 Å². The van der Waals surface area contributed by atoms with Crippen LogP contribution in [0.25, 0.3) is 11.8 Å². The van der Waals surface area contributed by atoms with Gasteiger partial charge in [-0.15, -0.1) is 11.8 Å². The zero-order valence-corrected chi connectivity index (χ0v) is 30.2. The molecule has 0 saturated carbocycles. The van der Waals surface area contributed by atoms with Crippen molar-refractivity contribution in [1.82, 2.24) is 4.57 Å². The Bertz CT molecular complexity index is 2200. The molecule has 0 saturated heterocycles. The number of methoxy groups -OCH3 is 1. The fraction of sp³-hybridized carbons (Fsp3) is 0.162. The Kier molecular flexibility index (Phi) is 10.6. The van der Waals surface area contributed by atoms with Crippen molar-refractivity contribution in [1.29, 1.82) is 0 Å². The molecule has 7 nitrogen and oxygen atoms in total. The summed E-state index contributed by atoms with van der Waals surface area (Å²) < 4.78 is 20.1. The van der Waals surface area contributed by atoms with Gasteiger partial charge in [-0.1, -0.05) is 83.6 Å². The standard InChI is InChI=1S/C37H30BrClN2O5S2/c1-4-45-36(43)31-32(23-10-6-5-7-11-23)40-37-41(33(31)24-14-16-26(47-3)17-15-24)35(42)30(48-37)20-22-18-27(38)34(29(19-22)44-2)46-21-25-12-8-9-13-28(25)39/h5-20,33H,4,21H2,1-3H3/b30-20-/t33-/m1/s1. The number of thiazole rings is 1. The quantitative estimate of drug-likeness (QED) is 0.108. The molecule has 0 N–H and O–H groups in total. The van der Waals surface area contributed by atoms with Gasteiger partial charge in [-0.05, 0) is 76.6 Å². The molecule has 5 aromatic rings. The van der Waals surface area contributed by atoms with Crippen LogP contribution in [0.3, 0.4) is 0 Å². The summed E-state index contributed by atoms with van der Waals surface area (Å²) in [6, 6.07) is 27.8. The van der Waals surface area contributed by atoms with Crippen molar-refractivity contribution in [2.24, 2.45) is 4.99 Å². The third-order valence-corrected chi connectivity index (χ3v) is 10.4. The zero-order chi connectivity index (χ0) is 33.8. The predicted molar refractivity (Wildman–Crippen MR) is 196 cm³/mol. The second kappa shape index (κ2) is 15.0. The molecule has 0 unspecified atom stereocenters. The number of benzene rings is 4. The Morgan fingerprint density at radius 1 is 1.06 bits per heavy atom. The summed E-state index contributed by atoms with van der Waals surface area (Å²) in [7, 11) is 1.56. The number of hydrogen-bond acceptors (Lipinski definition) is 8. The maximum atomic E-state index is 14.3. The van der Waals surface area contributed by atoms with E-state index in [0.29, 0.717) is 47.2 Å². The fourth-order valence-corrected chi connectivity index (χ4v) is 7.60. The highest BCUT2D eigenvalue weighted by molar-refractivity contribution is 9.10. The second-order valence-electron chi connectivity index (χ2n) is 10.6. The molecule has 6 rings (SSSR count). The van der Waals surface area contributed by atoms with Gasteiger partial charge in [0.2, 0.25) is 0 Å². The monoisotopic (exact) mass is 760 g/mol. The average Bonchev–Trinajstić information content (AvgIpc) is 3.41. The maximum Gasteiger partial charge on any atom is 0.338 e. The minimum Gasteiger partial charge on any atom is -0.493 e. The van der Waals surface area contributed by atoms with Gasteiger partial charge in [-0.2, -0.15) is 0 Å². The zero-order valence-electron chi connectivity index (χ0n) is 26.2. The van der Waals surface area contributed by atoms with Gasteiger partial charge in [-0.3, -0.25) is 9.36 Å². The summed E-state index contributed by atoms with van der Waals surface area (Å²) in [4.78, 5) is 34.5. The topological polar surface area (TPSA) is 79.1 Å². The molecular formula is C37H30BrClN2O5S2. The largest absolute Gasteiger partial charge is 0.493 e. The molecule has 0 radical (unpaired) electrons. The summed E-state index contributed by atoms with van der Waals surface area (Å²) in [5.41, 5.74) is 3.59. The Hall–Kier alpha value is -4.09. The number of fused-ring (bicyclic) bond motifs is 1. The van der Waals surface area contributed by atoms with Crippen molar-refractivity contribution < 1.29 is 19.0 Å². The Balaban J connectivity index is 1.50. The van der Waals surface area contributed by atoms with Crippen LogP contribution in [-0.4, -0.2) is 30.5 Å². The molecule has 1 aliphatic rings. The van der Waals surface area contributed by atoms with Gasteiger partial charge in [0.05, 0.1) is 40.0 Å². The van der Waals surface area contributed by atoms with Crippen LogP contribution in [-0.2, 0) is 16.1 Å². The lowest BCUT2D eigenvalue weighted by molar-refractivity contribution is -0.138. The van der Waals surface area contributed by atoms with Crippen molar-refractivity contribution in [2.45, 2.75) is 24.5 Å². The van der Waals surface area contributed by atoms with Crippen molar-refractivity contribution in [3.63, 3.8) is 0 Å². The molecule has 1 atom stereocenters. The molecule has 0 spiro atoms. The van der Waals surface area contributed by atoms with Crippen LogP contribution in [0.2, 0.25) is 5.02 Å². The van der Waals surface area contributed by atoms with Crippen molar-refractivity contribution in [3.05, 3.63) is 148 Å². The van der Waals surface area contributed by atoms with E-state index >= 15 is 0 Å². The van der Waals surface area contributed by atoms with Crippen LogP contribution in [0, 0.1) is 0 Å².